The predicted molar refractivity (Wildman–Crippen MR) is 110 cm³/mol. The zero-order chi connectivity index (χ0) is 22.7. The van der Waals surface area contributed by atoms with E-state index >= 15 is 0 Å². The van der Waals surface area contributed by atoms with Crippen molar-refractivity contribution >= 4 is 23.9 Å². The molecule has 0 aromatic heterocycles. The molecule has 0 heterocycles. The number of benzene rings is 1. The van der Waals surface area contributed by atoms with Gasteiger partial charge in [-0.15, -0.1) is 0 Å². The molecule has 0 saturated carbocycles. The van der Waals surface area contributed by atoms with Gasteiger partial charge in [0.1, 0.15) is 18.7 Å². The second-order valence-corrected chi connectivity index (χ2v) is 7.30. The average molecular weight is 421 g/mol. The van der Waals surface area contributed by atoms with E-state index < -0.39 is 41.9 Å². The number of primary amides is 1. The Morgan fingerprint density at radius 2 is 1.60 bits per heavy atom. The van der Waals surface area contributed by atoms with Crippen molar-refractivity contribution in [3.05, 3.63) is 35.9 Å². The lowest BCUT2D eigenvalue weighted by atomic mass is 9.96. The van der Waals surface area contributed by atoms with Gasteiger partial charge in [0, 0.05) is 0 Å². The molecule has 1 aromatic rings. The van der Waals surface area contributed by atoms with Crippen molar-refractivity contribution in [2.24, 2.45) is 17.6 Å². The van der Waals surface area contributed by atoms with E-state index in [4.69, 9.17) is 15.2 Å². The molecule has 9 nitrogen and oxygen atoms in total. The van der Waals surface area contributed by atoms with Gasteiger partial charge in [0.25, 0.3) is 0 Å². The number of alkyl carbamates (subject to hydrolysis) is 1. The van der Waals surface area contributed by atoms with E-state index in [1.165, 1.54) is 0 Å². The number of carbonyl (C=O) groups is 4. The van der Waals surface area contributed by atoms with Crippen LogP contribution in [0.3, 0.4) is 0 Å². The molecule has 9 heteroatoms. The van der Waals surface area contributed by atoms with E-state index in [0.717, 1.165) is 5.56 Å². The van der Waals surface area contributed by atoms with Gasteiger partial charge in [-0.1, -0.05) is 51.1 Å². The van der Waals surface area contributed by atoms with Gasteiger partial charge in [0.2, 0.25) is 11.8 Å². The third-order valence-corrected chi connectivity index (χ3v) is 4.40. The Balaban J connectivity index is 2.72. The summed E-state index contributed by atoms with van der Waals surface area (Å²) in [6.07, 6.45) is -0.844. The minimum Gasteiger partial charge on any atom is -0.466 e. The van der Waals surface area contributed by atoms with Crippen LogP contribution in [0.15, 0.2) is 30.3 Å². The van der Waals surface area contributed by atoms with E-state index in [9.17, 15) is 19.2 Å². The first kappa shape index (κ1) is 24.9. The zero-order valence-electron chi connectivity index (χ0n) is 17.8. The van der Waals surface area contributed by atoms with Gasteiger partial charge >= 0.3 is 12.1 Å². The number of nitrogens with two attached hydrogens (primary N) is 1. The Morgan fingerprint density at radius 3 is 2.13 bits per heavy atom. The number of carbonyl (C=O) groups excluding carboxylic acids is 4. The van der Waals surface area contributed by atoms with Crippen LogP contribution in [0.5, 0.6) is 0 Å². The predicted octanol–water partition coefficient (Wildman–Crippen LogP) is 1.50. The van der Waals surface area contributed by atoms with Crippen LogP contribution in [0.25, 0.3) is 0 Å². The summed E-state index contributed by atoms with van der Waals surface area (Å²) in [5, 5.41) is 5.05. The normalized spacial score (nSPS) is 13.6. The number of hydrogen-bond acceptors (Lipinski definition) is 6. The van der Waals surface area contributed by atoms with Crippen molar-refractivity contribution < 1.29 is 28.7 Å². The van der Waals surface area contributed by atoms with Crippen LogP contribution in [0.1, 0.15) is 39.7 Å². The summed E-state index contributed by atoms with van der Waals surface area (Å²) in [6.45, 7) is 7.03. The number of ether oxygens (including phenoxy) is 2. The fraction of sp³-hybridized carbons (Fsp3) is 0.524. The number of nitrogens with one attached hydrogen (secondary N) is 2. The Morgan fingerprint density at radius 1 is 0.967 bits per heavy atom. The van der Waals surface area contributed by atoms with Crippen LogP contribution in [-0.2, 0) is 30.5 Å². The topological polar surface area (TPSA) is 137 Å². The number of rotatable bonds is 11. The molecule has 1 rings (SSSR count). The first-order chi connectivity index (χ1) is 14.1. The maximum atomic E-state index is 12.7. The third kappa shape index (κ3) is 8.50. The molecule has 0 aliphatic carbocycles. The molecule has 0 bridgehead atoms. The Labute approximate surface area is 176 Å². The van der Waals surface area contributed by atoms with Crippen molar-refractivity contribution in [1.82, 2.24) is 10.6 Å². The lowest BCUT2D eigenvalue weighted by Crippen LogP contribution is -2.56. The van der Waals surface area contributed by atoms with Crippen molar-refractivity contribution in [3.63, 3.8) is 0 Å². The highest BCUT2D eigenvalue weighted by Gasteiger charge is 2.32. The van der Waals surface area contributed by atoms with Crippen molar-refractivity contribution in [1.29, 1.82) is 0 Å². The highest BCUT2D eigenvalue weighted by atomic mass is 16.5. The largest absolute Gasteiger partial charge is 0.466 e. The maximum absolute atomic E-state index is 12.7. The van der Waals surface area contributed by atoms with Gasteiger partial charge in [-0.05, 0) is 24.3 Å². The first-order valence-electron chi connectivity index (χ1n) is 9.88. The average Bonchev–Trinajstić information content (AvgIpc) is 2.68. The highest BCUT2D eigenvalue weighted by Crippen LogP contribution is 2.12. The smallest absolute Gasteiger partial charge is 0.408 e. The molecule has 0 fully saturated rings. The standard InChI is InChI=1S/C21H31N3O6/c1-5-29-16(25)11-14(4)18(19(22)26)23-20(27)17(13(2)3)24-21(28)30-12-15-9-7-6-8-10-15/h6-10,13-14,17-18H,5,11-12H2,1-4H3,(H2,22,26)(H,23,27)(H,24,28)/t14-,17-,18+/m0/s1. The van der Waals surface area contributed by atoms with Gasteiger partial charge in [0.05, 0.1) is 13.0 Å². The summed E-state index contributed by atoms with van der Waals surface area (Å²) in [5.41, 5.74) is 6.21. The van der Waals surface area contributed by atoms with Gasteiger partial charge < -0.3 is 25.8 Å². The van der Waals surface area contributed by atoms with Crippen LogP contribution in [0, 0.1) is 11.8 Å². The van der Waals surface area contributed by atoms with E-state index in [1.807, 2.05) is 30.3 Å². The summed E-state index contributed by atoms with van der Waals surface area (Å²) in [6, 6.07) is 7.06. The monoisotopic (exact) mass is 421 g/mol. The van der Waals surface area contributed by atoms with E-state index in [1.54, 1.807) is 27.7 Å². The molecule has 1 aromatic carbocycles. The summed E-state index contributed by atoms with van der Waals surface area (Å²) < 4.78 is 10.0. The lowest BCUT2D eigenvalue weighted by molar-refractivity contribution is -0.145. The molecular weight excluding hydrogens is 390 g/mol. The SMILES string of the molecule is CCOC(=O)C[C@H](C)[C@@H](NC(=O)[C@@H](NC(=O)OCc1ccccc1)C(C)C)C(N)=O. The minimum absolute atomic E-state index is 0.0552. The van der Waals surface area contributed by atoms with Crippen LogP contribution in [0.4, 0.5) is 4.79 Å². The van der Waals surface area contributed by atoms with Crippen LogP contribution < -0.4 is 16.4 Å². The molecular formula is C21H31N3O6. The molecule has 0 unspecified atom stereocenters. The second kappa shape index (κ2) is 12.5. The van der Waals surface area contributed by atoms with Crippen molar-refractivity contribution in [2.75, 3.05) is 6.61 Å². The van der Waals surface area contributed by atoms with Gasteiger partial charge in [-0.2, -0.15) is 0 Å². The first-order valence-corrected chi connectivity index (χ1v) is 9.88. The fourth-order valence-electron chi connectivity index (χ4n) is 2.76. The lowest BCUT2D eigenvalue weighted by Gasteiger charge is -2.26. The van der Waals surface area contributed by atoms with Crippen LogP contribution >= 0.6 is 0 Å². The van der Waals surface area contributed by atoms with Crippen molar-refractivity contribution in [2.45, 2.75) is 52.8 Å². The summed E-state index contributed by atoms with van der Waals surface area (Å²) in [4.78, 5) is 48.4. The molecule has 4 N–H and O–H groups in total. The fourth-order valence-corrected chi connectivity index (χ4v) is 2.76. The third-order valence-electron chi connectivity index (χ3n) is 4.40. The van der Waals surface area contributed by atoms with Gasteiger partial charge in [-0.25, -0.2) is 4.79 Å². The molecule has 0 spiro atoms. The Kier molecular flexibility index (Phi) is 10.4. The number of amides is 3. The quantitative estimate of drug-likeness (QED) is 0.463. The van der Waals surface area contributed by atoms with E-state index in [-0.39, 0.29) is 25.6 Å². The Hall–Kier alpha value is -3.10. The highest BCUT2D eigenvalue weighted by molar-refractivity contribution is 5.91. The van der Waals surface area contributed by atoms with Crippen LogP contribution in [0.2, 0.25) is 0 Å². The minimum atomic E-state index is -1.09. The number of hydrogen-bond donors (Lipinski definition) is 3. The second-order valence-electron chi connectivity index (χ2n) is 7.30. The van der Waals surface area contributed by atoms with E-state index in [0.29, 0.717) is 0 Å². The molecule has 3 amide bonds. The van der Waals surface area contributed by atoms with Gasteiger partial charge in [0.15, 0.2) is 0 Å². The van der Waals surface area contributed by atoms with E-state index in [2.05, 4.69) is 10.6 Å². The molecule has 0 aliphatic heterocycles. The number of esters is 1. The Bertz CT molecular complexity index is 723. The maximum Gasteiger partial charge on any atom is 0.408 e. The molecule has 0 aliphatic rings. The molecule has 0 saturated heterocycles. The van der Waals surface area contributed by atoms with Gasteiger partial charge in [-0.3, -0.25) is 14.4 Å². The van der Waals surface area contributed by atoms with Crippen LogP contribution in [-0.4, -0.2) is 42.6 Å². The molecule has 166 valence electrons. The zero-order valence-corrected chi connectivity index (χ0v) is 17.8. The molecule has 30 heavy (non-hydrogen) atoms. The molecule has 0 radical (unpaired) electrons. The van der Waals surface area contributed by atoms with Crippen molar-refractivity contribution in [3.8, 4) is 0 Å². The molecule has 3 atom stereocenters. The summed E-state index contributed by atoms with van der Waals surface area (Å²) >= 11 is 0. The summed E-state index contributed by atoms with van der Waals surface area (Å²) in [5.74, 6) is -2.74. The summed E-state index contributed by atoms with van der Waals surface area (Å²) in [7, 11) is 0.